The highest BCUT2D eigenvalue weighted by atomic mass is 16.6. The summed E-state index contributed by atoms with van der Waals surface area (Å²) in [7, 11) is 0. The molecule has 0 spiro atoms. The fourth-order valence-corrected chi connectivity index (χ4v) is 2.52. The van der Waals surface area contributed by atoms with Gasteiger partial charge in [-0.2, -0.15) is 0 Å². The number of hydrogen-bond donors (Lipinski definition) is 1. The quantitative estimate of drug-likeness (QED) is 0.522. The zero-order valence-corrected chi connectivity index (χ0v) is 12.1. The number of fused-ring (bicyclic) bond motifs is 1. The van der Waals surface area contributed by atoms with Gasteiger partial charge in [0.1, 0.15) is 0 Å². The maximum Gasteiger partial charge on any atom is 0.316 e. The first-order valence-electron chi connectivity index (χ1n) is 7.01. The zero-order valence-electron chi connectivity index (χ0n) is 12.1. The van der Waals surface area contributed by atoms with E-state index in [2.05, 4.69) is 5.32 Å². The van der Waals surface area contributed by atoms with Gasteiger partial charge in [0.05, 0.1) is 4.92 Å². The molecule has 0 aliphatic carbocycles. The molecule has 2 aromatic rings. The van der Waals surface area contributed by atoms with E-state index in [0.29, 0.717) is 18.7 Å². The minimum atomic E-state index is -0.768. The summed E-state index contributed by atoms with van der Waals surface area (Å²) in [5.74, 6) is -1.41. The second-order valence-corrected chi connectivity index (χ2v) is 5.09. The molecule has 23 heavy (non-hydrogen) atoms. The second-order valence-electron chi connectivity index (χ2n) is 5.09. The fraction of sp³-hybridized carbons (Fsp3) is 0.125. The van der Waals surface area contributed by atoms with Gasteiger partial charge >= 0.3 is 11.8 Å². The van der Waals surface area contributed by atoms with Crippen LogP contribution in [0.1, 0.15) is 5.56 Å². The van der Waals surface area contributed by atoms with Crippen molar-refractivity contribution >= 4 is 28.9 Å². The van der Waals surface area contributed by atoms with Gasteiger partial charge in [-0.25, -0.2) is 0 Å². The van der Waals surface area contributed by atoms with Crippen molar-refractivity contribution in [3.05, 3.63) is 64.2 Å². The standard InChI is InChI=1S/C16H13N3O4/c20-15(17-12-5-7-13(8-6-12)19(22)23)16(21)18-10-9-11-3-1-2-4-14(11)18/h1-8H,9-10H2,(H,17,20). The number of benzene rings is 2. The van der Waals surface area contributed by atoms with Crippen molar-refractivity contribution in [1.29, 1.82) is 0 Å². The summed E-state index contributed by atoms with van der Waals surface area (Å²) in [5.41, 5.74) is 2.03. The van der Waals surface area contributed by atoms with Crippen LogP contribution in [0.2, 0.25) is 0 Å². The highest BCUT2D eigenvalue weighted by Crippen LogP contribution is 2.27. The zero-order chi connectivity index (χ0) is 16.4. The van der Waals surface area contributed by atoms with E-state index in [4.69, 9.17) is 0 Å². The largest absolute Gasteiger partial charge is 0.318 e. The molecular formula is C16H13N3O4. The van der Waals surface area contributed by atoms with Crippen LogP contribution < -0.4 is 10.2 Å². The molecule has 0 unspecified atom stereocenters. The first-order chi connectivity index (χ1) is 11.1. The average Bonchev–Trinajstić information content (AvgIpc) is 2.98. The number of amides is 2. The first kappa shape index (κ1) is 14.7. The van der Waals surface area contributed by atoms with Crippen LogP contribution in [0, 0.1) is 10.1 Å². The molecule has 0 radical (unpaired) electrons. The fourth-order valence-electron chi connectivity index (χ4n) is 2.52. The molecule has 1 aliphatic heterocycles. The Labute approximate surface area is 131 Å². The molecule has 3 rings (SSSR count). The van der Waals surface area contributed by atoms with Crippen LogP contribution >= 0.6 is 0 Å². The smallest absolute Gasteiger partial charge is 0.316 e. The maximum atomic E-state index is 12.3. The summed E-state index contributed by atoms with van der Waals surface area (Å²) in [6, 6.07) is 12.8. The van der Waals surface area contributed by atoms with Crippen LogP contribution in [0.15, 0.2) is 48.5 Å². The van der Waals surface area contributed by atoms with Gasteiger partial charge in [-0.05, 0) is 30.2 Å². The van der Waals surface area contributed by atoms with Gasteiger partial charge in [0, 0.05) is 30.1 Å². The summed E-state index contributed by atoms with van der Waals surface area (Å²) in [6.07, 6.45) is 0.715. The lowest BCUT2D eigenvalue weighted by molar-refractivity contribution is -0.384. The molecule has 0 aromatic heterocycles. The van der Waals surface area contributed by atoms with Crippen molar-refractivity contribution in [3.63, 3.8) is 0 Å². The Morgan fingerprint density at radius 1 is 1.09 bits per heavy atom. The van der Waals surface area contributed by atoms with Gasteiger partial charge in [0.25, 0.3) is 5.69 Å². The summed E-state index contributed by atoms with van der Waals surface area (Å²) in [5, 5.41) is 13.1. The van der Waals surface area contributed by atoms with Crippen molar-refractivity contribution in [2.45, 2.75) is 6.42 Å². The normalized spacial score (nSPS) is 12.6. The van der Waals surface area contributed by atoms with Crippen LogP contribution in [0.3, 0.4) is 0 Å². The minimum Gasteiger partial charge on any atom is -0.318 e. The van der Waals surface area contributed by atoms with E-state index >= 15 is 0 Å². The van der Waals surface area contributed by atoms with Crippen molar-refractivity contribution in [2.24, 2.45) is 0 Å². The van der Waals surface area contributed by atoms with Gasteiger partial charge in [0.15, 0.2) is 0 Å². The predicted octanol–water partition coefficient (Wildman–Crippen LogP) is 2.12. The van der Waals surface area contributed by atoms with E-state index in [0.717, 1.165) is 11.3 Å². The summed E-state index contributed by atoms with van der Waals surface area (Å²) in [6.45, 7) is 0.464. The van der Waals surface area contributed by atoms with Crippen molar-refractivity contribution in [1.82, 2.24) is 0 Å². The van der Waals surface area contributed by atoms with Crippen molar-refractivity contribution in [3.8, 4) is 0 Å². The number of rotatable bonds is 2. The lowest BCUT2D eigenvalue weighted by Gasteiger charge is -2.16. The highest BCUT2D eigenvalue weighted by molar-refractivity contribution is 6.44. The van der Waals surface area contributed by atoms with E-state index < -0.39 is 16.7 Å². The molecule has 0 atom stereocenters. The number of nitrogens with one attached hydrogen (secondary N) is 1. The van der Waals surface area contributed by atoms with Crippen LogP contribution in [-0.2, 0) is 16.0 Å². The molecule has 1 aliphatic rings. The number of carbonyl (C=O) groups excluding carboxylic acids is 2. The number of anilines is 2. The third-order valence-electron chi connectivity index (χ3n) is 3.66. The van der Waals surface area contributed by atoms with Crippen LogP contribution in [0.25, 0.3) is 0 Å². The first-order valence-corrected chi connectivity index (χ1v) is 7.01. The molecule has 2 amide bonds. The van der Waals surface area contributed by atoms with E-state index in [9.17, 15) is 19.7 Å². The van der Waals surface area contributed by atoms with E-state index in [1.165, 1.54) is 29.2 Å². The third-order valence-corrected chi connectivity index (χ3v) is 3.66. The number of nitro groups is 1. The van der Waals surface area contributed by atoms with Crippen molar-refractivity contribution in [2.75, 3.05) is 16.8 Å². The molecule has 0 fully saturated rings. The molecule has 1 N–H and O–H groups in total. The molecule has 116 valence electrons. The topological polar surface area (TPSA) is 92.5 Å². The van der Waals surface area contributed by atoms with E-state index in [1.54, 1.807) is 6.07 Å². The van der Waals surface area contributed by atoms with Gasteiger partial charge in [-0.1, -0.05) is 18.2 Å². The molecule has 0 saturated heterocycles. The SMILES string of the molecule is O=C(Nc1ccc([N+](=O)[O-])cc1)C(=O)N1CCc2ccccc21. The van der Waals surface area contributed by atoms with Gasteiger partial charge in [-0.15, -0.1) is 0 Å². The number of non-ortho nitro benzene ring substituents is 1. The third kappa shape index (κ3) is 2.89. The Hall–Kier alpha value is -3.22. The molecule has 1 heterocycles. The monoisotopic (exact) mass is 311 g/mol. The molecule has 7 heteroatoms. The van der Waals surface area contributed by atoms with Crippen molar-refractivity contribution < 1.29 is 14.5 Å². The highest BCUT2D eigenvalue weighted by Gasteiger charge is 2.28. The van der Waals surface area contributed by atoms with Crippen LogP contribution in [0.5, 0.6) is 0 Å². The average molecular weight is 311 g/mol. The van der Waals surface area contributed by atoms with E-state index in [1.807, 2.05) is 18.2 Å². The van der Waals surface area contributed by atoms with Gasteiger partial charge in [0.2, 0.25) is 0 Å². The van der Waals surface area contributed by atoms with Gasteiger partial charge < -0.3 is 10.2 Å². The maximum absolute atomic E-state index is 12.3. The predicted molar refractivity (Wildman–Crippen MR) is 84.2 cm³/mol. The lowest BCUT2D eigenvalue weighted by Crippen LogP contribution is -2.38. The number of nitro benzene ring substituents is 1. The number of carbonyl (C=O) groups is 2. The van der Waals surface area contributed by atoms with Crippen LogP contribution in [0.4, 0.5) is 17.1 Å². The minimum absolute atomic E-state index is 0.0807. The summed E-state index contributed by atoms with van der Waals surface area (Å²) >= 11 is 0. The Morgan fingerprint density at radius 2 is 1.78 bits per heavy atom. The molecule has 2 aromatic carbocycles. The Balaban J connectivity index is 1.71. The number of para-hydroxylation sites is 1. The number of hydrogen-bond acceptors (Lipinski definition) is 4. The molecule has 7 nitrogen and oxygen atoms in total. The molecule has 0 bridgehead atoms. The van der Waals surface area contributed by atoms with E-state index in [-0.39, 0.29) is 5.69 Å². The summed E-state index contributed by atoms with van der Waals surface area (Å²) < 4.78 is 0. The number of nitrogens with zero attached hydrogens (tertiary/aromatic N) is 2. The Morgan fingerprint density at radius 3 is 2.48 bits per heavy atom. The lowest BCUT2D eigenvalue weighted by atomic mass is 10.2. The Bertz CT molecular complexity index is 786. The second kappa shape index (κ2) is 5.88. The molecular weight excluding hydrogens is 298 g/mol. The Kier molecular flexibility index (Phi) is 3.76. The summed E-state index contributed by atoms with van der Waals surface area (Å²) in [4.78, 5) is 35.9. The molecule has 0 saturated carbocycles. The van der Waals surface area contributed by atoms with Gasteiger partial charge in [-0.3, -0.25) is 19.7 Å². The van der Waals surface area contributed by atoms with Crippen LogP contribution in [-0.4, -0.2) is 23.3 Å².